The Morgan fingerprint density at radius 1 is 1.25 bits per heavy atom. The molecule has 1 N–H and O–H groups in total. The zero-order chi connectivity index (χ0) is 14.6. The molecule has 0 aromatic rings. The predicted molar refractivity (Wildman–Crippen MR) is 81.8 cm³/mol. The highest BCUT2D eigenvalue weighted by atomic mass is 16.4. The molecule has 1 aliphatic heterocycles. The second-order valence-corrected chi connectivity index (χ2v) is 6.93. The van der Waals surface area contributed by atoms with Gasteiger partial charge in [0.15, 0.2) is 0 Å². The molecular weight excluding hydrogens is 250 g/mol. The van der Waals surface area contributed by atoms with E-state index >= 15 is 0 Å². The van der Waals surface area contributed by atoms with Crippen molar-refractivity contribution in [1.82, 2.24) is 4.90 Å². The molecular formula is C17H31NO2. The van der Waals surface area contributed by atoms with Crippen molar-refractivity contribution in [2.45, 2.75) is 77.7 Å². The van der Waals surface area contributed by atoms with Crippen molar-refractivity contribution in [3.8, 4) is 0 Å². The van der Waals surface area contributed by atoms with Gasteiger partial charge in [0.2, 0.25) is 0 Å². The minimum Gasteiger partial charge on any atom is -0.481 e. The fourth-order valence-electron chi connectivity index (χ4n) is 4.56. The van der Waals surface area contributed by atoms with Crippen LogP contribution in [0.5, 0.6) is 0 Å². The summed E-state index contributed by atoms with van der Waals surface area (Å²) >= 11 is 0. The maximum atomic E-state index is 11.8. The van der Waals surface area contributed by atoms with Crippen LogP contribution in [-0.2, 0) is 4.79 Å². The topological polar surface area (TPSA) is 40.5 Å². The highest BCUT2D eigenvalue weighted by Crippen LogP contribution is 2.39. The first kappa shape index (κ1) is 15.8. The van der Waals surface area contributed by atoms with Gasteiger partial charge in [-0.15, -0.1) is 0 Å². The van der Waals surface area contributed by atoms with Gasteiger partial charge in [-0.1, -0.05) is 39.5 Å². The summed E-state index contributed by atoms with van der Waals surface area (Å²) in [5, 5.41) is 9.73. The van der Waals surface area contributed by atoms with Crippen LogP contribution in [0.1, 0.15) is 71.6 Å². The molecule has 0 bridgehead atoms. The number of nitrogens with zero attached hydrogens (tertiary/aromatic N) is 1. The van der Waals surface area contributed by atoms with E-state index in [4.69, 9.17) is 0 Å². The summed E-state index contributed by atoms with van der Waals surface area (Å²) in [4.78, 5) is 14.4. The fraction of sp³-hybridized carbons (Fsp3) is 0.941. The van der Waals surface area contributed by atoms with E-state index in [-0.39, 0.29) is 0 Å². The van der Waals surface area contributed by atoms with Crippen LogP contribution in [0.25, 0.3) is 0 Å². The Balaban J connectivity index is 2.10. The van der Waals surface area contributed by atoms with Crippen LogP contribution in [0.2, 0.25) is 0 Å². The summed E-state index contributed by atoms with van der Waals surface area (Å²) in [5.74, 6) is 0.225. The molecule has 20 heavy (non-hydrogen) atoms. The first-order valence-corrected chi connectivity index (χ1v) is 8.60. The number of likely N-dealkylation sites (tertiary alicyclic amines) is 1. The third-order valence-electron chi connectivity index (χ3n) is 5.65. The molecule has 0 spiro atoms. The number of carbonyl (C=O) groups is 1. The van der Waals surface area contributed by atoms with Crippen molar-refractivity contribution in [2.24, 2.45) is 11.3 Å². The number of aliphatic carboxylic acids is 1. The van der Waals surface area contributed by atoms with Crippen molar-refractivity contribution >= 4 is 5.97 Å². The van der Waals surface area contributed by atoms with Crippen LogP contribution >= 0.6 is 0 Å². The Bertz CT molecular complexity index is 327. The van der Waals surface area contributed by atoms with E-state index in [0.29, 0.717) is 6.04 Å². The van der Waals surface area contributed by atoms with Crippen LogP contribution in [-0.4, -0.2) is 35.1 Å². The van der Waals surface area contributed by atoms with E-state index in [0.717, 1.165) is 44.7 Å². The molecule has 2 aliphatic rings. The van der Waals surface area contributed by atoms with Crippen molar-refractivity contribution in [2.75, 3.05) is 13.1 Å². The second-order valence-electron chi connectivity index (χ2n) is 6.93. The lowest BCUT2D eigenvalue weighted by molar-refractivity contribution is -0.154. The Morgan fingerprint density at radius 2 is 2.00 bits per heavy atom. The van der Waals surface area contributed by atoms with Crippen LogP contribution in [0.4, 0.5) is 0 Å². The lowest BCUT2D eigenvalue weighted by Gasteiger charge is -2.47. The number of piperidine rings is 1. The van der Waals surface area contributed by atoms with Gasteiger partial charge in [-0.2, -0.15) is 0 Å². The summed E-state index contributed by atoms with van der Waals surface area (Å²) in [6.45, 7) is 6.31. The summed E-state index contributed by atoms with van der Waals surface area (Å²) in [6.07, 6.45) is 10.3. The van der Waals surface area contributed by atoms with Gasteiger partial charge in [0.25, 0.3) is 0 Å². The highest BCUT2D eigenvalue weighted by Gasteiger charge is 2.44. The van der Waals surface area contributed by atoms with Crippen LogP contribution < -0.4 is 0 Å². The van der Waals surface area contributed by atoms with Crippen molar-refractivity contribution < 1.29 is 9.90 Å². The Hall–Kier alpha value is -0.570. The standard InChI is InChI=1S/C17H31NO2/c1-3-10-17(16(19)20)11-7-12-18(13-17)15-9-6-5-8-14(15)4-2/h14-15H,3-13H2,1-2H3,(H,19,20). The average Bonchev–Trinajstić information content (AvgIpc) is 2.47. The molecule has 1 saturated heterocycles. The minimum atomic E-state index is -0.562. The molecule has 0 radical (unpaired) electrons. The molecule has 3 nitrogen and oxygen atoms in total. The maximum absolute atomic E-state index is 11.8. The van der Waals surface area contributed by atoms with Crippen LogP contribution in [0.15, 0.2) is 0 Å². The molecule has 1 heterocycles. The second kappa shape index (κ2) is 6.93. The van der Waals surface area contributed by atoms with Gasteiger partial charge in [-0.25, -0.2) is 0 Å². The third-order valence-corrected chi connectivity index (χ3v) is 5.65. The van der Waals surface area contributed by atoms with E-state index in [2.05, 4.69) is 18.7 Å². The summed E-state index contributed by atoms with van der Waals surface area (Å²) in [6, 6.07) is 0.643. The SMILES string of the molecule is CCCC1(C(=O)O)CCCN(C2CCCCC2CC)C1. The largest absolute Gasteiger partial charge is 0.481 e. The van der Waals surface area contributed by atoms with Gasteiger partial charge in [0, 0.05) is 12.6 Å². The molecule has 2 fully saturated rings. The molecule has 3 heteroatoms. The van der Waals surface area contributed by atoms with Gasteiger partial charge in [0.1, 0.15) is 0 Å². The van der Waals surface area contributed by atoms with Gasteiger partial charge >= 0.3 is 5.97 Å². The molecule has 3 atom stereocenters. The van der Waals surface area contributed by atoms with E-state index in [1.807, 2.05) is 0 Å². The van der Waals surface area contributed by atoms with Crippen molar-refractivity contribution in [3.63, 3.8) is 0 Å². The lowest BCUT2D eigenvalue weighted by Crippen LogP contribution is -2.53. The molecule has 1 saturated carbocycles. The van der Waals surface area contributed by atoms with Crippen LogP contribution in [0, 0.1) is 11.3 Å². The lowest BCUT2D eigenvalue weighted by atomic mass is 9.74. The van der Waals surface area contributed by atoms with Gasteiger partial charge in [-0.3, -0.25) is 9.69 Å². The predicted octanol–water partition coefficient (Wildman–Crippen LogP) is 3.92. The van der Waals surface area contributed by atoms with Crippen molar-refractivity contribution in [3.05, 3.63) is 0 Å². The Labute approximate surface area is 123 Å². The molecule has 0 aromatic heterocycles. The average molecular weight is 281 g/mol. The molecule has 0 aromatic carbocycles. The number of rotatable bonds is 5. The quantitative estimate of drug-likeness (QED) is 0.830. The normalized spacial score (nSPS) is 35.9. The Kier molecular flexibility index (Phi) is 5.48. The number of carboxylic acid groups (broad SMARTS) is 1. The number of hydrogen-bond acceptors (Lipinski definition) is 2. The monoisotopic (exact) mass is 281 g/mol. The maximum Gasteiger partial charge on any atom is 0.310 e. The first-order chi connectivity index (χ1) is 9.63. The number of carboxylic acids is 1. The summed E-state index contributed by atoms with van der Waals surface area (Å²) in [7, 11) is 0. The summed E-state index contributed by atoms with van der Waals surface area (Å²) < 4.78 is 0. The molecule has 2 rings (SSSR count). The van der Waals surface area contributed by atoms with Crippen molar-refractivity contribution in [1.29, 1.82) is 0 Å². The minimum absolute atomic E-state index is 0.470. The molecule has 0 amide bonds. The summed E-state index contributed by atoms with van der Waals surface area (Å²) in [5.41, 5.74) is -0.470. The molecule has 1 aliphatic carbocycles. The smallest absolute Gasteiger partial charge is 0.310 e. The van der Waals surface area contributed by atoms with E-state index in [9.17, 15) is 9.90 Å². The van der Waals surface area contributed by atoms with Gasteiger partial charge in [-0.05, 0) is 44.6 Å². The van der Waals surface area contributed by atoms with E-state index in [1.54, 1.807) is 0 Å². The molecule has 116 valence electrons. The zero-order valence-electron chi connectivity index (χ0n) is 13.2. The van der Waals surface area contributed by atoms with Crippen LogP contribution in [0.3, 0.4) is 0 Å². The zero-order valence-corrected chi connectivity index (χ0v) is 13.2. The Morgan fingerprint density at radius 3 is 2.65 bits per heavy atom. The molecule has 3 unspecified atom stereocenters. The highest BCUT2D eigenvalue weighted by molar-refractivity contribution is 5.75. The van der Waals surface area contributed by atoms with Gasteiger partial charge < -0.3 is 5.11 Å². The first-order valence-electron chi connectivity index (χ1n) is 8.60. The third kappa shape index (κ3) is 3.19. The van der Waals surface area contributed by atoms with Gasteiger partial charge in [0.05, 0.1) is 5.41 Å². The number of hydrogen-bond donors (Lipinski definition) is 1. The van der Waals surface area contributed by atoms with E-state index < -0.39 is 11.4 Å². The van der Waals surface area contributed by atoms with E-state index in [1.165, 1.54) is 32.1 Å². The fourth-order valence-corrected chi connectivity index (χ4v) is 4.56.